The van der Waals surface area contributed by atoms with Crippen molar-refractivity contribution in [3.8, 4) is 0 Å². The van der Waals surface area contributed by atoms with Gasteiger partial charge in [-0.05, 0) is 19.3 Å². The molecular formula is C14H23N3O. The van der Waals surface area contributed by atoms with Gasteiger partial charge in [-0.25, -0.2) is 9.97 Å². The topological polar surface area (TPSA) is 47.0 Å². The molecule has 1 fully saturated rings. The molecule has 1 aliphatic rings. The smallest absolute Gasteiger partial charge is 0.129 e. The SMILES string of the molecule is CCc1cc(NCCOC2CCCCC2)ncn1. The van der Waals surface area contributed by atoms with E-state index < -0.39 is 0 Å². The fourth-order valence-electron chi connectivity index (χ4n) is 2.32. The lowest BCUT2D eigenvalue weighted by Gasteiger charge is -2.22. The van der Waals surface area contributed by atoms with Crippen LogP contribution in [0.3, 0.4) is 0 Å². The molecular weight excluding hydrogens is 226 g/mol. The Labute approximate surface area is 109 Å². The van der Waals surface area contributed by atoms with E-state index in [1.54, 1.807) is 6.33 Å². The van der Waals surface area contributed by atoms with Crippen molar-refractivity contribution in [1.82, 2.24) is 9.97 Å². The molecule has 0 aliphatic heterocycles. The monoisotopic (exact) mass is 249 g/mol. The normalized spacial score (nSPS) is 16.7. The molecule has 100 valence electrons. The maximum absolute atomic E-state index is 5.86. The van der Waals surface area contributed by atoms with Crippen LogP contribution in [-0.4, -0.2) is 29.2 Å². The molecule has 1 saturated carbocycles. The van der Waals surface area contributed by atoms with E-state index in [0.717, 1.165) is 31.1 Å². The number of anilines is 1. The first kappa shape index (κ1) is 13.3. The van der Waals surface area contributed by atoms with Crippen LogP contribution >= 0.6 is 0 Å². The van der Waals surface area contributed by atoms with E-state index in [1.807, 2.05) is 6.07 Å². The second kappa shape index (κ2) is 7.31. The van der Waals surface area contributed by atoms with E-state index in [9.17, 15) is 0 Å². The number of hydrogen-bond donors (Lipinski definition) is 1. The van der Waals surface area contributed by atoms with E-state index in [2.05, 4.69) is 22.2 Å². The summed E-state index contributed by atoms with van der Waals surface area (Å²) in [6, 6.07) is 2.00. The highest BCUT2D eigenvalue weighted by Crippen LogP contribution is 2.19. The highest BCUT2D eigenvalue weighted by atomic mass is 16.5. The van der Waals surface area contributed by atoms with Gasteiger partial charge in [0.2, 0.25) is 0 Å². The first-order valence-corrected chi connectivity index (χ1v) is 7.05. The van der Waals surface area contributed by atoms with Crippen LogP contribution in [0.2, 0.25) is 0 Å². The minimum absolute atomic E-state index is 0.483. The van der Waals surface area contributed by atoms with Crippen molar-refractivity contribution < 1.29 is 4.74 Å². The lowest BCUT2D eigenvalue weighted by Crippen LogP contribution is -2.20. The van der Waals surface area contributed by atoms with Gasteiger partial charge in [0.25, 0.3) is 0 Å². The summed E-state index contributed by atoms with van der Waals surface area (Å²) in [6.45, 7) is 3.67. The van der Waals surface area contributed by atoms with Crippen molar-refractivity contribution in [2.75, 3.05) is 18.5 Å². The Morgan fingerprint density at radius 1 is 1.28 bits per heavy atom. The third-order valence-corrected chi connectivity index (χ3v) is 3.40. The van der Waals surface area contributed by atoms with E-state index in [4.69, 9.17) is 4.74 Å². The lowest BCUT2D eigenvalue weighted by molar-refractivity contribution is 0.0347. The fraction of sp³-hybridized carbons (Fsp3) is 0.714. The Hall–Kier alpha value is -1.16. The second-order valence-electron chi connectivity index (χ2n) is 4.81. The van der Waals surface area contributed by atoms with Crippen LogP contribution in [0.4, 0.5) is 5.82 Å². The molecule has 0 spiro atoms. The van der Waals surface area contributed by atoms with Crippen molar-refractivity contribution >= 4 is 5.82 Å². The van der Waals surface area contributed by atoms with Gasteiger partial charge in [-0.15, -0.1) is 0 Å². The van der Waals surface area contributed by atoms with E-state index in [-0.39, 0.29) is 0 Å². The van der Waals surface area contributed by atoms with Crippen LogP contribution in [0.25, 0.3) is 0 Å². The zero-order valence-electron chi connectivity index (χ0n) is 11.2. The Kier molecular flexibility index (Phi) is 5.39. The Bertz CT molecular complexity index is 351. The molecule has 1 N–H and O–H groups in total. The van der Waals surface area contributed by atoms with E-state index in [0.29, 0.717) is 6.10 Å². The zero-order chi connectivity index (χ0) is 12.6. The maximum atomic E-state index is 5.86. The number of rotatable bonds is 6. The van der Waals surface area contributed by atoms with Gasteiger partial charge in [0, 0.05) is 18.3 Å². The van der Waals surface area contributed by atoms with Crippen LogP contribution in [0.15, 0.2) is 12.4 Å². The van der Waals surface area contributed by atoms with Crippen molar-refractivity contribution in [2.24, 2.45) is 0 Å². The van der Waals surface area contributed by atoms with Gasteiger partial charge in [0.05, 0.1) is 12.7 Å². The predicted molar refractivity (Wildman–Crippen MR) is 72.7 cm³/mol. The molecule has 0 atom stereocenters. The quantitative estimate of drug-likeness (QED) is 0.788. The molecule has 0 radical (unpaired) electrons. The molecule has 0 saturated heterocycles. The fourth-order valence-corrected chi connectivity index (χ4v) is 2.32. The number of ether oxygens (including phenoxy) is 1. The summed E-state index contributed by atoms with van der Waals surface area (Å²) in [5.74, 6) is 0.897. The number of nitrogens with one attached hydrogen (secondary N) is 1. The molecule has 0 amide bonds. The number of hydrogen-bond acceptors (Lipinski definition) is 4. The summed E-state index contributed by atoms with van der Waals surface area (Å²) in [4.78, 5) is 8.37. The minimum atomic E-state index is 0.483. The first-order valence-electron chi connectivity index (χ1n) is 7.05. The molecule has 4 nitrogen and oxygen atoms in total. The molecule has 4 heteroatoms. The highest BCUT2D eigenvalue weighted by Gasteiger charge is 2.12. The zero-order valence-corrected chi connectivity index (χ0v) is 11.2. The molecule has 1 aromatic heterocycles. The minimum Gasteiger partial charge on any atom is -0.376 e. The second-order valence-corrected chi connectivity index (χ2v) is 4.81. The largest absolute Gasteiger partial charge is 0.376 e. The van der Waals surface area contributed by atoms with Gasteiger partial charge in [-0.1, -0.05) is 26.2 Å². The first-order chi connectivity index (χ1) is 8.88. The highest BCUT2D eigenvalue weighted by molar-refractivity contribution is 5.34. The summed E-state index contributed by atoms with van der Waals surface area (Å²) in [5.41, 5.74) is 1.07. The van der Waals surface area contributed by atoms with Gasteiger partial charge >= 0.3 is 0 Å². The van der Waals surface area contributed by atoms with Crippen molar-refractivity contribution in [2.45, 2.75) is 51.6 Å². The summed E-state index contributed by atoms with van der Waals surface area (Å²) in [7, 11) is 0. The molecule has 1 heterocycles. The lowest BCUT2D eigenvalue weighted by atomic mass is 9.98. The molecule has 0 bridgehead atoms. The van der Waals surface area contributed by atoms with E-state index in [1.165, 1.54) is 32.1 Å². The number of nitrogens with zero attached hydrogens (tertiary/aromatic N) is 2. The predicted octanol–water partition coefficient (Wildman–Crippen LogP) is 2.80. The molecule has 0 aromatic carbocycles. The number of aromatic nitrogens is 2. The van der Waals surface area contributed by atoms with Crippen molar-refractivity contribution in [3.05, 3.63) is 18.1 Å². The molecule has 0 unspecified atom stereocenters. The van der Waals surface area contributed by atoms with Crippen LogP contribution in [0, 0.1) is 0 Å². The van der Waals surface area contributed by atoms with Gasteiger partial charge in [-0.3, -0.25) is 0 Å². The number of aryl methyl sites for hydroxylation is 1. The summed E-state index contributed by atoms with van der Waals surface area (Å²) >= 11 is 0. The van der Waals surface area contributed by atoms with E-state index >= 15 is 0 Å². The van der Waals surface area contributed by atoms with Crippen LogP contribution < -0.4 is 5.32 Å². The van der Waals surface area contributed by atoms with Gasteiger partial charge in [0.1, 0.15) is 12.1 Å². The van der Waals surface area contributed by atoms with Crippen LogP contribution in [0.1, 0.15) is 44.7 Å². The third-order valence-electron chi connectivity index (χ3n) is 3.40. The van der Waals surface area contributed by atoms with Crippen LogP contribution in [-0.2, 0) is 11.2 Å². The molecule has 1 aromatic rings. The average Bonchev–Trinajstić information content (AvgIpc) is 2.45. The average molecular weight is 249 g/mol. The van der Waals surface area contributed by atoms with Crippen molar-refractivity contribution in [1.29, 1.82) is 0 Å². The molecule has 2 rings (SSSR count). The van der Waals surface area contributed by atoms with Gasteiger partial charge in [-0.2, -0.15) is 0 Å². The standard InChI is InChI=1S/C14H23N3O/c1-2-12-10-14(17-11-16-12)15-8-9-18-13-6-4-3-5-7-13/h10-11,13H,2-9H2,1H3,(H,15,16,17). The molecule has 18 heavy (non-hydrogen) atoms. The summed E-state index contributed by atoms with van der Waals surface area (Å²) in [5, 5.41) is 3.28. The Balaban J connectivity index is 1.65. The van der Waals surface area contributed by atoms with Gasteiger partial charge in [0.15, 0.2) is 0 Å². The Morgan fingerprint density at radius 3 is 2.89 bits per heavy atom. The summed E-state index contributed by atoms with van der Waals surface area (Å²) in [6.07, 6.45) is 9.52. The van der Waals surface area contributed by atoms with Crippen LogP contribution in [0.5, 0.6) is 0 Å². The molecule has 1 aliphatic carbocycles. The van der Waals surface area contributed by atoms with Gasteiger partial charge < -0.3 is 10.1 Å². The van der Waals surface area contributed by atoms with Crippen molar-refractivity contribution in [3.63, 3.8) is 0 Å². The summed E-state index contributed by atoms with van der Waals surface area (Å²) < 4.78 is 5.86. The maximum Gasteiger partial charge on any atom is 0.129 e. The Morgan fingerprint density at radius 2 is 2.11 bits per heavy atom. The third kappa shape index (κ3) is 4.26.